The van der Waals surface area contributed by atoms with Gasteiger partial charge in [-0.25, -0.2) is 8.78 Å². The molecule has 90 valence electrons. The van der Waals surface area contributed by atoms with Crippen LogP contribution in [0.25, 0.3) is 0 Å². The number of halogens is 2. The van der Waals surface area contributed by atoms with E-state index in [1.807, 2.05) is 0 Å². The van der Waals surface area contributed by atoms with Gasteiger partial charge < -0.3 is 10.5 Å². The summed E-state index contributed by atoms with van der Waals surface area (Å²) in [5.74, 6) is -0.993. The zero-order chi connectivity index (χ0) is 12.3. The highest BCUT2D eigenvalue weighted by atomic mass is 19.1. The molecule has 0 bridgehead atoms. The fourth-order valence-electron chi connectivity index (χ4n) is 1.53. The molecule has 0 aliphatic carbocycles. The highest BCUT2D eigenvalue weighted by molar-refractivity contribution is 5.34. The van der Waals surface area contributed by atoms with Crippen LogP contribution in [0.1, 0.15) is 26.3 Å². The van der Waals surface area contributed by atoms with Crippen molar-refractivity contribution >= 4 is 0 Å². The molecule has 0 aromatic heterocycles. The van der Waals surface area contributed by atoms with Crippen LogP contribution >= 0.6 is 0 Å². The summed E-state index contributed by atoms with van der Waals surface area (Å²) in [5.41, 5.74) is 4.75. The Kier molecular flexibility index (Phi) is 3.86. The molecule has 0 saturated heterocycles. The Labute approximate surface area is 94.4 Å². The van der Waals surface area contributed by atoms with Gasteiger partial charge in [0.15, 0.2) is 0 Å². The molecule has 2 nitrogen and oxygen atoms in total. The fraction of sp³-hybridized carbons (Fsp3) is 0.500. The Hall–Kier alpha value is -1.16. The van der Waals surface area contributed by atoms with Crippen LogP contribution in [0.5, 0.6) is 5.75 Å². The molecule has 16 heavy (non-hydrogen) atoms. The van der Waals surface area contributed by atoms with E-state index in [1.54, 1.807) is 20.8 Å². The van der Waals surface area contributed by atoms with E-state index in [1.165, 1.54) is 12.1 Å². The molecule has 1 aromatic carbocycles. The van der Waals surface area contributed by atoms with Gasteiger partial charge in [-0.15, -0.1) is 0 Å². The fourth-order valence-corrected chi connectivity index (χ4v) is 1.53. The first-order valence-corrected chi connectivity index (χ1v) is 5.18. The van der Waals surface area contributed by atoms with Crippen LogP contribution in [-0.2, 0) is 5.41 Å². The van der Waals surface area contributed by atoms with Crippen molar-refractivity contribution in [3.8, 4) is 5.75 Å². The SMILES string of the molecule is CC(C)(C)c1c(F)cc(OCCN)cc1F. The van der Waals surface area contributed by atoms with Gasteiger partial charge in [-0.2, -0.15) is 0 Å². The standard InChI is InChI=1S/C12H17F2NO/c1-12(2,3)11-9(13)6-8(7-10(11)14)16-5-4-15/h6-7H,4-5,15H2,1-3H3. The lowest BCUT2D eigenvalue weighted by Crippen LogP contribution is -2.17. The van der Waals surface area contributed by atoms with Crippen molar-refractivity contribution in [1.82, 2.24) is 0 Å². The first-order valence-electron chi connectivity index (χ1n) is 5.18. The minimum atomic E-state index is -0.584. The first-order chi connectivity index (χ1) is 7.36. The third kappa shape index (κ3) is 2.92. The quantitative estimate of drug-likeness (QED) is 0.864. The van der Waals surface area contributed by atoms with Crippen LogP contribution in [0.2, 0.25) is 0 Å². The summed E-state index contributed by atoms with van der Waals surface area (Å²) < 4.78 is 32.4. The van der Waals surface area contributed by atoms with Gasteiger partial charge in [0, 0.05) is 24.2 Å². The number of rotatable bonds is 3. The molecule has 0 unspecified atom stereocenters. The van der Waals surface area contributed by atoms with Gasteiger partial charge in [0.1, 0.15) is 24.0 Å². The minimum Gasteiger partial charge on any atom is -0.492 e. The topological polar surface area (TPSA) is 35.2 Å². The van der Waals surface area contributed by atoms with Gasteiger partial charge in [0.05, 0.1) is 0 Å². The van der Waals surface area contributed by atoms with Crippen molar-refractivity contribution in [3.63, 3.8) is 0 Å². The first kappa shape index (κ1) is 12.9. The third-order valence-corrected chi connectivity index (χ3v) is 2.15. The average molecular weight is 229 g/mol. The summed E-state index contributed by atoms with van der Waals surface area (Å²) in [5, 5.41) is 0. The number of hydrogen-bond donors (Lipinski definition) is 1. The Balaban J connectivity index is 3.08. The highest BCUT2D eigenvalue weighted by Crippen LogP contribution is 2.30. The van der Waals surface area contributed by atoms with Crippen molar-refractivity contribution in [2.75, 3.05) is 13.2 Å². The molecule has 4 heteroatoms. The monoisotopic (exact) mass is 229 g/mol. The molecule has 0 fully saturated rings. The Morgan fingerprint density at radius 3 is 2.06 bits per heavy atom. The van der Waals surface area contributed by atoms with E-state index in [0.717, 1.165) is 0 Å². The second-order valence-electron chi connectivity index (χ2n) is 4.65. The van der Waals surface area contributed by atoms with Crippen LogP contribution in [0.4, 0.5) is 8.78 Å². The lowest BCUT2D eigenvalue weighted by Gasteiger charge is -2.21. The predicted octanol–water partition coefficient (Wildman–Crippen LogP) is 2.60. The van der Waals surface area contributed by atoms with E-state index in [0.29, 0.717) is 6.54 Å². The van der Waals surface area contributed by atoms with Crippen molar-refractivity contribution in [1.29, 1.82) is 0 Å². The highest BCUT2D eigenvalue weighted by Gasteiger charge is 2.23. The molecular formula is C12H17F2NO. The van der Waals surface area contributed by atoms with Crippen LogP contribution in [0, 0.1) is 11.6 Å². The van der Waals surface area contributed by atoms with E-state index in [-0.39, 0.29) is 17.9 Å². The maximum Gasteiger partial charge on any atom is 0.133 e. The summed E-state index contributed by atoms with van der Waals surface area (Å²) in [6.45, 7) is 5.83. The molecule has 0 aliphatic rings. The summed E-state index contributed by atoms with van der Waals surface area (Å²) in [7, 11) is 0. The second kappa shape index (κ2) is 4.78. The van der Waals surface area contributed by atoms with E-state index in [2.05, 4.69) is 0 Å². The van der Waals surface area contributed by atoms with Gasteiger partial charge >= 0.3 is 0 Å². The number of hydrogen-bond acceptors (Lipinski definition) is 2. The van der Waals surface area contributed by atoms with Crippen molar-refractivity contribution in [2.45, 2.75) is 26.2 Å². The van der Waals surface area contributed by atoms with Crippen LogP contribution in [0.15, 0.2) is 12.1 Å². The molecule has 1 aromatic rings. The van der Waals surface area contributed by atoms with E-state index >= 15 is 0 Å². The average Bonchev–Trinajstić information content (AvgIpc) is 2.11. The van der Waals surface area contributed by atoms with E-state index < -0.39 is 17.0 Å². The molecule has 0 heterocycles. The second-order valence-corrected chi connectivity index (χ2v) is 4.65. The van der Waals surface area contributed by atoms with Crippen LogP contribution < -0.4 is 10.5 Å². The zero-order valence-electron chi connectivity index (χ0n) is 9.81. The Morgan fingerprint density at radius 1 is 1.19 bits per heavy atom. The van der Waals surface area contributed by atoms with Gasteiger partial charge in [0.25, 0.3) is 0 Å². The lowest BCUT2D eigenvalue weighted by atomic mass is 9.86. The maximum atomic E-state index is 13.7. The molecule has 2 N–H and O–H groups in total. The number of ether oxygens (including phenoxy) is 1. The molecule has 0 radical (unpaired) electrons. The smallest absolute Gasteiger partial charge is 0.133 e. The van der Waals surface area contributed by atoms with Gasteiger partial charge in [0.2, 0.25) is 0 Å². The molecular weight excluding hydrogens is 212 g/mol. The largest absolute Gasteiger partial charge is 0.492 e. The number of nitrogens with two attached hydrogens (primary N) is 1. The predicted molar refractivity (Wildman–Crippen MR) is 59.6 cm³/mol. The maximum absolute atomic E-state index is 13.7. The minimum absolute atomic E-state index is 0.0765. The molecule has 0 spiro atoms. The normalized spacial score (nSPS) is 11.6. The molecule has 1 rings (SSSR count). The zero-order valence-corrected chi connectivity index (χ0v) is 9.81. The molecule has 0 atom stereocenters. The third-order valence-electron chi connectivity index (χ3n) is 2.15. The molecule has 0 amide bonds. The summed E-state index contributed by atoms with van der Waals surface area (Å²) in [6, 6.07) is 2.39. The van der Waals surface area contributed by atoms with Crippen LogP contribution in [0.3, 0.4) is 0 Å². The summed E-state index contributed by atoms with van der Waals surface area (Å²) in [6.07, 6.45) is 0. The molecule has 0 aliphatic heterocycles. The van der Waals surface area contributed by atoms with Crippen LogP contribution in [-0.4, -0.2) is 13.2 Å². The van der Waals surface area contributed by atoms with Gasteiger partial charge in [-0.3, -0.25) is 0 Å². The molecule has 0 saturated carbocycles. The summed E-state index contributed by atoms with van der Waals surface area (Å²) >= 11 is 0. The Bertz CT molecular complexity index is 349. The van der Waals surface area contributed by atoms with Crippen molar-refractivity contribution < 1.29 is 13.5 Å². The van der Waals surface area contributed by atoms with Gasteiger partial charge in [-0.05, 0) is 5.41 Å². The Morgan fingerprint density at radius 2 is 1.69 bits per heavy atom. The number of benzene rings is 1. The lowest BCUT2D eigenvalue weighted by molar-refractivity contribution is 0.322. The van der Waals surface area contributed by atoms with Crippen molar-refractivity contribution in [2.24, 2.45) is 5.73 Å². The van der Waals surface area contributed by atoms with E-state index in [9.17, 15) is 8.78 Å². The summed E-state index contributed by atoms with van der Waals surface area (Å²) in [4.78, 5) is 0. The van der Waals surface area contributed by atoms with E-state index in [4.69, 9.17) is 10.5 Å². The van der Waals surface area contributed by atoms with Gasteiger partial charge in [-0.1, -0.05) is 20.8 Å². The van der Waals surface area contributed by atoms with Crippen molar-refractivity contribution in [3.05, 3.63) is 29.3 Å².